The Morgan fingerprint density at radius 2 is 2.14 bits per heavy atom. The minimum Gasteiger partial charge on any atom is -0.481 e. The zero-order valence-corrected chi connectivity index (χ0v) is 16.4. The van der Waals surface area contributed by atoms with E-state index in [1.807, 2.05) is 13.8 Å². The number of methoxy groups -OCH3 is 1. The summed E-state index contributed by atoms with van der Waals surface area (Å²) in [5, 5.41) is 6.99. The number of imide groups is 1. The van der Waals surface area contributed by atoms with E-state index in [2.05, 4.69) is 15.2 Å². The van der Waals surface area contributed by atoms with E-state index >= 15 is 0 Å². The van der Waals surface area contributed by atoms with Gasteiger partial charge in [0, 0.05) is 6.07 Å². The van der Waals surface area contributed by atoms with E-state index < -0.39 is 0 Å². The molecular weight excluding hydrogens is 376 g/mol. The normalized spacial score (nSPS) is 14.2. The molecule has 1 aliphatic heterocycles. The average molecular weight is 397 g/mol. The van der Waals surface area contributed by atoms with Gasteiger partial charge in [0.2, 0.25) is 18.6 Å². The van der Waals surface area contributed by atoms with Crippen molar-refractivity contribution in [1.82, 2.24) is 20.1 Å². The Morgan fingerprint density at radius 3 is 2.86 bits per heavy atom. The van der Waals surface area contributed by atoms with Gasteiger partial charge in [-0.1, -0.05) is 11.2 Å². The monoisotopic (exact) mass is 397 g/mol. The summed E-state index contributed by atoms with van der Waals surface area (Å²) >= 11 is 0. The molecule has 4 rings (SSSR count). The summed E-state index contributed by atoms with van der Waals surface area (Å²) in [5.41, 5.74) is 2.88. The standard InChI is InChI=1S/C19H20N6O4/c1-12-16(13(2)29-22-12)10-24-9-15(7-20-24)25-18(26)11-23(19(25)27)8-14-5-4-6-17(21-14)28-3/h4-7,9H,8,10-11H2,1-3H3/p+1. The van der Waals surface area contributed by atoms with Gasteiger partial charge in [0.25, 0.3) is 5.91 Å². The molecule has 0 unspecified atom stereocenters. The first-order chi connectivity index (χ1) is 14.0. The van der Waals surface area contributed by atoms with Crippen LogP contribution < -0.4 is 14.3 Å². The van der Waals surface area contributed by atoms with E-state index in [0.29, 0.717) is 23.8 Å². The van der Waals surface area contributed by atoms with Gasteiger partial charge in [0.15, 0.2) is 0 Å². The second kappa shape index (κ2) is 7.38. The van der Waals surface area contributed by atoms with Crippen LogP contribution in [0.2, 0.25) is 0 Å². The van der Waals surface area contributed by atoms with Crippen LogP contribution in [0, 0.1) is 13.8 Å². The summed E-state index contributed by atoms with van der Waals surface area (Å²) in [7, 11) is 1.53. The van der Waals surface area contributed by atoms with Crippen LogP contribution in [-0.2, 0) is 17.9 Å². The first-order valence-corrected chi connectivity index (χ1v) is 9.07. The van der Waals surface area contributed by atoms with Crippen LogP contribution >= 0.6 is 0 Å². The Kier molecular flexibility index (Phi) is 4.75. The topological polar surface area (TPSA) is 108 Å². The minimum absolute atomic E-state index is 0.00717. The van der Waals surface area contributed by atoms with Crippen molar-refractivity contribution < 1.29 is 23.5 Å². The average Bonchev–Trinajstić information content (AvgIpc) is 3.37. The van der Waals surface area contributed by atoms with Gasteiger partial charge < -0.3 is 14.2 Å². The number of hydrogen-bond donors (Lipinski definition) is 1. The molecule has 4 heterocycles. The summed E-state index contributed by atoms with van der Waals surface area (Å²) in [5.74, 6) is 0.904. The summed E-state index contributed by atoms with van der Waals surface area (Å²) in [6.07, 6.45) is 3.34. The van der Waals surface area contributed by atoms with Crippen LogP contribution in [0.1, 0.15) is 22.7 Å². The van der Waals surface area contributed by atoms with Crippen LogP contribution in [0.5, 0.6) is 5.88 Å². The molecule has 0 spiro atoms. The molecule has 0 aromatic carbocycles. The van der Waals surface area contributed by atoms with Crippen molar-refractivity contribution in [3.8, 4) is 5.88 Å². The second-order valence-corrected chi connectivity index (χ2v) is 6.80. The number of nitrogens with one attached hydrogen (secondary N) is 1. The predicted octanol–water partition coefficient (Wildman–Crippen LogP) is 1.33. The first kappa shape index (κ1) is 18.7. The van der Waals surface area contributed by atoms with Crippen molar-refractivity contribution in [2.45, 2.75) is 26.9 Å². The highest BCUT2D eigenvalue weighted by molar-refractivity contribution is 6.19. The maximum Gasteiger partial charge on any atom is 0.332 e. The molecule has 3 amide bonds. The highest BCUT2D eigenvalue weighted by Gasteiger charge is 2.39. The van der Waals surface area contributed by atoms with Gasteiger partial charge in [-0.2, -0.15) is 5.10 Å². The number of nitrogens with zero attached hydrogens (tertiary/aromatic N) is 5. The van der Waals surface area contributed by atoms with Gasteiger partial charge in [-0.25, -0.2) is 14.7 Å². The van der Waals surface area contributed by atoms with Crippen molar-refractivity contribution in [2.24, 2.45) is 0 Å². The summed E-state index contributed by atoms with van der Waals surface area (Å²) in [6.45, 7) is 4.43. The van der Waals surface area contributed by atoms with E-state index in [1.165, 1.54) is 16.9 Å². The molecule has 0 aliphatic carbocycles. The number of carbonyl (C=O) groups excluding carboxylic acids is 2. The molecule has 1 fully saturated rings. The predicted molar refractivity (Wildman–Crippen MR) is 100 cm³/mol. The van der Waals surface area contributed by atoms with Gasteiger partial charge >= 0.3 is 6.03 Å². The Bertz CT molecular complexity index is 1050. The highest BCUT2D eigenvalue weighted by Crippen LogP contribution is 2.21. The highest BCUT2D eigenvalue weighted by atomic mass is 16.5. The molecule has 29 heavy (non-hydrogen) atoms. The summed E-state index contributed by atoms with van der Waals surface area (Å²) < 4.78 is 12.1. The van der Waals surface area contributed by atoms with Crippen LogP contribution in [0.4, 0.5) is 10.5 Å². The molecule has 10 heteroatoms. The molecule has 10 nitrogen and oxygen atoms in total. The SMILES string of the molecule is COc1cccc(CN2CC(=O)N(c3c[nH][n+](Cc4c(C)noc4C)c3)C2=O)n1. The van der Waals surface area contributed by atoms with Crippen molar-refractivity contribution in [1.29, 1.82) is 0 Å². The van der Waals surface area contributed by atoms with E-state index in [1.54, 1.807) is 35.3 Å². The van der Waals surface area contributed by atoms with E-state index in [-0.39, 0.29) is 25.0 Å². The number of aromatic amines is 1. The van der Waals surface area contributed by atoms with Crippen LogP contribution in [-0.4, -0.2) is 45.7 Å². The molecule has 0 saturated carbocycles. The third-order valence-corrected chi connectivity index (χ3v) is 4.81. The van der Waals surface area contributed by atoms with Gasteiger partial charge in [0.05, 0.1) is 36.8 Å². The molecule has 1 aliphatic rings. The van der Waals surface area contributed by atoms with E-state index in [0.717, 1.165) is 17.0 Å². The second-order valence-electron chi connectivity index (χ2n) is 6.80. The molecule has 1 saturated heterocycles. The Balaban J connectivity index is 1.50. The molecule has 0 atom stereocenters. The number of hydrogen-bond acceptors (Lipinski definition) is 6. The molecule has 150 valence electrons. The molecule has 0 bridgehead atoms. The fourth-order valence-electron chi connectivity index (χ4n) is 3.28. The third-order valence-electron chi connectivity index (χ3n) is 4.81. The summed E-state index contributed by atoms with van der Waals surface area (Å²) in [6, 6.07) is 4.93. The lowest BCUT2D eigenvalue weighted by Gasteiger charge is -2.15. The smallest absolute Gasteiger partial charge is 0.332 e. The number of ether oxygens (including phenoxy) is 1. The van der Waals surface area contributed by atoms with Crippen molar-refractivity contribution >= 4 is 17.6 Å². The van der Waals surface area contributed by atoms with Gasteiger partial charge in [0.1, 0.15) is 18.0 Å². The number of carbonyl (C=O) groups is 2. The number of urea groups is 1. The van der Waals surface area contributed by atoms with Crippen molar-refractivity contribution in [2.75, 3.05) is 18.6 Å². The molecule has 3 aromatic rings. The van der Waals surface area contributed by atoms with Crippen LogP contribution in [0.25, 0.3) is 0 Å². The van der Waals surface area contributed by atoms with E-state index in [4.69, 9.17) is 9.26 Å². The van der Waals surface area contributed by atoms with Crippen LogP contribution in [0.15, 0.2) is 35.1 Å². The van der Waals surface area contributed by atoms with Crippen molar-refractivity contribution in [3.05, 3.63) is 53.3 Å². The molecule has 0 radical (unpaired) electrons. The molecule has 1 N–H and O–H groups in total. The largest absolute Gasteiger partial charge is 0.481 e. The Labute approximate surface area is 166 Å². The van der Waals surface area contributed by atoms with Gasteiger partial charge in [-0.15, -0.1) is 4.68 Å². The number of anilines is 1. The quantitative estimate of drug-likeness (QED) is 0.497. The maximum atomic E-state index is 12.8. The third kappa shape index (κ3) is 3.56. The lowest BCUT2D eigenvalue weighted by Crippen LogP contribution is -2.37. The summed E-state index contributed by atoms with van der Waals surface area (Å²) in [4.78, 5) is 32.3. The number of aromatic nitrogens is 4. The van der Waals surface area contributed by atoms with Gasteiger partial charge in [-0.3, -0.25) is 4.79 Å². The lowest BCUT2D eigenvalue weighted by molar-refractivity contribution is -0.742. The zero-order valence-electron chi connectivity index (χ0n) is 16.4. The fraction of sp³-hybridized carbons (Fsp3) is 0.316. The molecule has 3 aromatic heterocycles. The Morgan fingerprint density at radius 1 is 1.31 bits per heavy atom. The number of H-pyrrole nitrogens is 1. The van der Waals surface area contributed by atoms with E-state index in [9.17, 15) is 9.59 Å². The van der Waals surface area contributed by atoms with Gasteiger partial charge in [-0.05, 0) is 19.9 Å². The maximum absolute atomic E-state index is 12.8. The Hall–Kier alpha value is -3.69. The lowest BCUT2D eigenvalue weighted by atomic mass is 10.2. The minimum atomic E-state index is -0.386. The zero-order chi connectivity index (χ0) is 20.5. The van der Waals surface area contributed by atoms with Crippen molar-refractivity contribution in [3.63, 3.8) is 0 Å². The van der Waals surface area contributed by atoms with Crippen LogP contribution in [0.3, 0.4) is 0 Å². The number of pyridine rings is 1. The number of aryl methyl sites for hydroxylation is 2. The fourth-order valence-corrected chi connectivity index (χ4v) is 3.28. The number of rotatable bonds is 6. The molecular formula is C19H21N6O4+. The number of amides is 3. The first-order valence-electron chi connectivity index (χ1n) is 9.07.